The molecule has 23 heavy (non-hydrogen) atoms. The van der Waals surface area contributed by atoms with Gasteiger partial charge in [-0.15, -0.1) is 10.2 Å². The van der Waals surface area contributed by atoms with E-state index in [0.29, 0.717) is 16.4 Å². The summed E-state index contributed by atoms with van der Waals surface area (Å²) in [6.45, 7) is 3.45. The molecular formula is C16H15FN4OS. The van der Waals surface area contributed by atoms with Crippen LogP contribution in [0.5, 0.6) is 0 Å². The molecule has 0 radical (unpaired) electrons. The number of nitrogens with one attached hydrogen (secondary N) is 1. The van der Waals surface area contributed by atoms with Crippen LogP contribution in [0.4, 0.5) is 10.1 Å². The molecule has 1 unspecified atom stereocenters. The van der Waals surface area contributed by atoms with Gasteiger partial charge >= 0.3 is 0 Å². The number of nitrogens with zero attached hydrogens (tertiary/aromatic N) is 3. The largest absolute Gasteiger partial charge is 0.325 e. The Balaban J connectivity index is 1.71. The van der Waals surface area contributed by atoms with Gasteiger partial charge in [-0.3, -0.25) is 9.20 Å². The van der Waals surface area contributed by atoms with Gasteiger partial charge < -0.3 is 5.32 Å². The number of hydrogen-bond donors (Lipinski definition) is 1. The van der Waals surface area contributed by atoms with E-state index in [1.54, 1.807) is 26.0 Å². The maximum atomic E-state index is 13.5. The van der Waals surface area contributed by atoms with Crippen molar-refractivity contribution in [2.75, 3.05) is 5.32 Å². The zero-order chi connectivity index (χ0) is 16.4. The zero-order valence-corrected chi connectivity index (χ0v) is 13.5. The Morgan fingerprint density at radius 1 is 1.30 bits per heavy atom. The summed E-state index contributed by atoms with van der Waals surface area (Å²) in [5.41, 5.74) is 1.71. The molecule has 0 aliphatic carbocycles. The first-order chi connectivity index (χ1) is 11.0. The Bertz CT molecular complexity index is 864. The van der Waals surface area contributed by atoms with E-state index >= 15 is 0 Å². The molecule has 0 aliphatic heterocycles. The van der Waals surface area contributed by atoms with Gasteiger partial charge in [-0.25, -0.2) is 4.39 Å². The van der Waals surface area contributed by atoms with Gasteiger partial charge in [-0.1, -0.05) is 23.9 Å². The SMILES string of the molecule is Cc1ccc(NC(=O)C(C)Sc2nnc3ccccn23)cc1F. The monoisotopic (exact) mass is 330 g/mol. The number of aryl methyl sites for hydroxylation is 1. The number of rotatable bonds is 4. The number of anilines is 1. The topological polar surface area (TPSA) is 59.3 Å². The fraction of sp³-hybridized carbons (Fsp3) is 0.188. The van der Waals surface area contributed by atoms with Crippen molar-refractivity contribution in [3.05, 3.63) is 54.0 Å². The number of benzene rings is 1. The summed E-state index contributed by atoms with van der Waals surface area (Å²) < 4.78 is 15.4. The van der Waals surface area contributed by atoms with E-state index in [1.807, 2.05) is 28.8 Å². The number of aromatic nitrogens is 3. The smallest absolute Gasteiger partial charge is 0.237 e. The van der Waals surface area contributed by atoms with Crippen LogP contribution >= 0.6 is 11.8 Å². The molecule has 1 atom stereocenters. The van der Waals surface area contributed by atoms with Gasteiger partial charge in [0.25, 0.3) is 0 Å². The molecule has 0 bridgehead atoms. The van der Waals surface area contributed by atoms with Crippen molar-refractivity contribution in [3.63, 3.8) is 0 Å². The summed E-state index contributed by atoms with van der Waals surface area (Å²) in [4.78, 5) is 12.3. The molecule has 118 valence electrons. The standard InChI is InChI=1S/C16H15FN4OS/c1-10-6-7-12(9-13(10)17)18-15(22)11(2)23-16-20-19-14-5-3-4-8-21(14)16/h3-9,11H,1-2H3,(H,18,22). The summed E-state index contributed by atoms with van der Waals surface area (Å²) >= 11 is 1.30. The third-order valence-electron chi connectivity index (χ3n) is 3.37. The first-order valence-corrected chi connectivity index (χ1v) is 7.96. The van der Waals surface area contributed by atoms with E-state index < -0.39 is 5.25 Å². The van der Waals surface area contributed by atoms with Crippen molar-refractivity contribution in [1.29, 1.82) is 0 Å². The number of hydrogen-bond acceptors (Lipinski definition) is 4. The van der Waals surface area contributed by atoms with E-state index in [9.17, 15) is 9.18 Å². The molecule has 1 aromatic carbocycles. The van der Waals surface area contributed by atoms with E-state index in [4.69, 9.17) is 0 Å². The van der Waals surface area contributed by atoms with Gasteiger partial charge in [0.1, 0.15) is 5.82 Å². The normalized spacial score (nSPS) is 12.3. The van der Waals surface area contributed by atoms with Crippen molar-refractivity contribution < 1.29 is 9.18 Å². The molecule has 3 rings (SSSR count). The van der Waals surface area contributed by atoms with Crippen LogP contribution in [-0.4, -0.2) is 25.8 Å². The van der Waals surface area contributed by atoms with Crippen LogP contribution in [-0.2, 0) is 4.79 Å². The first kappa shape index (κ1) is 15.5. The predicted molar refractivity (Wildman–Crippen MR) is 88.1 cm³/mol. The van der Waals surface area contributed by atoms with Gasteiger partial charge in [-0.05, 0) is 43.7 Å². The molecule has 1 N–H and O–H groups in total. The summed E-state index contributed by atoms with van der Waals surface area (Å²) in [5.74, 6) is -0.558. The molecular weight excluding hydrogens is 315 g/mol. The molecule has 3 aromatic rings. The summed E-state index contributed by atoms with van der Waals surface area (Å²) in [6.07, 6.45) is 1.84. The maximum absolute atomic E-state index is 13.5. The van der Waals surface area contributed by atoms with Crippen LogP contribution in [0.15, 0.2) is 47.8 Å². The highest BCUT2D eigenvalue weighted by Gasteiger charge is 2.18. The van der Waals surface area contributed by atoms with Crippen molar-refractivity contribution in [1.82, 2.24) is 14.6 Å². The van der Waals surface area contributed by atoms with Crippen LogP contribution in [0.1, 0.15) is 12.5 Å². The van der Waals surface area contributed by atoms with E-state index in [2.05, 4.69) is 15.5 Å². The second-order valence-corrected chi connectivity index (χ2v) is 6.43. The Morgan fingerprint density at radius 3 is 2.91 bits per heavy atom. The quantitative estimate of drug-likeness (QED) is 0.746. The minimum Gasteiger partial charge on any atom is -0.325 e. The van der Waals surface area contributed by atoms with Crippen LogP contribution in [0.3, 0.4) is 0 Å². The lowest BCUT2D eigenvalue weighted by atomic mass is 10.2. The van der Waals surface area contributed by atoms with Gasteiger partial charge in [0, 0.05) is 11.9 Å². The highest BCUT2D eigenvalue weighted by molar-refractivity contribution is 8.00. The number of carbonyl (C=O) groups is 1. The Labute approximate surface area is 136 Å². The lowest BCUT2D eigenvalue weighted by Gasteiger charge is -2.11. The molecule has 7 heteroatoms. The molecule has 0 spiro atoms. The van der Waals surface area contributed by atoms with Gasteiger partial charge in [0.15, 0.2) is 10.8 Å². The van der Waals surface area contributed by atoms with Crippen molar-refractivity contribution in [2.45, 2.75) is 24.3 Å². The van der Waals surface area contributed by atoms with Gasteiger partial charge in [0.2, 0.25) is 5.91 Å². The lowest BCUT2D eigenvalue weighted by Crippen LogP contribution is -2.22. The summed E-state index contributed by atoms with van der Waals surface area (Å²) in [5, 5.41) is 11.1. The maximum Gasteiger partial charge on any atom is 0.237 e. The van der Waals surface area contributed by atoms with E-state index in [-0.39, 0.29) is 11.7 Å². The molecule has 5 nitrogen and oxygen atoms in total. The molecule has 0 saturated carbocycles. The van der Waals surface area contributed by atoms with E-state index in [1.165, 1.54) is 17.8 Å². The minimum absolute atomic E-state index is 0.217. The van der Waals surface area contributed by atoms with Crippen molar-refractivity contribution in [2.24, 2.45) is 0 Å². The second kappa shape index (κ2) is 6.37. The Kier molecular flexibility index (Phi) is 4.29. The zero-order valence-electron chi connectivity index (χ0n) is 12.7. The molecule has 0 saturated heterocycles. The molecule has 1 amide bonds. The number of thioether (sulfide) groups is 1. The average Bonchev–Trinajstić information content (AvgIpc) is 2.94. The minimum atomic E-state index is -0.396. The van der Waals surface area contributed by atoms with Crippen LogP contribution in [0, 0.1) is 12.7 Å². The summed E-state index contributed by atoms with van der Waals surface area (Å²) in [6, 6.07) is 10.2. The molecule has 0 fully saturated rings. The molecule has 0 aliphatic rings. The van der Waals surface area contributed by atoms with Crippen LogP contribution < -0.4 is 5.32 Å². The fourth-order valence-corrected chi connectivity index (χ4v) is 2.86. The van der Waals surface area contributed by atoms with Gasteiger partial charge in [-0.2, -0.15) is 0 Å². The third-order valence-corrected chi connectivity index (χ3v) is 4.43. The van der Waals surface area contributed by atoms with Crippen molar-refractivity contribution in [3.8, 4) is 0 Å². The Hall–Kier alpha value is -2.41. The third kappa shape index (κ3) is 3.34. The summed E-state index contributed by atoms with van der Waals surface area (Å²) in [7, 11) is 0. The number of pyridine rings is 1. The van der Waals surface area contributed by atoms with E-state index in [0.717, 1.165) is 5.65 Å². The fourth-order valence-electron chi connectivity index (χ4n) is 2.03. The second-order valence-electron chi connectivity index (χ2n) is 5.12. The lowest BCUT2D eigenvalue weighted by molar-refractivity contribution is -0.115. The number of halogens is 1. The number of fused-ring (bicyclic) bond motifs is 1. The van der Waals surface area contributed by atoms with Crippen LogP contribution in [0.25, 0.3) is 5.65 Å². The molecule has 2 heterocycles. The number of carbonyl (C=O) groups excluding carboxylic acids is 1. The Morgan fingerprint density at radius 2 is 2.13 bits per heavy atom. The van der Waals surface area contributed by atoms with Crippen molar-refractivity contribution >= 4 is 29.0 Å². The predicted octanol–water partition coefficient (Wildman–Crippen LogP) is 3.30. The molecule has 2 aromatic heterocycles. The highest BCUT2D eigenvalue weighted by Crippen LogP contribution is 2.23. The average molecular weight is 330 g/mol. The number of amides is 1. The van der Waals surface area contributed by atoms with Crippen LogP contribution in [0.2, 0.25) is 0 Å². The first-order valence-electron chi connectivity index (χ1n) is 7.08. The highest BCUT2D eigenvalue weighted by atomic mass is 32.2. The van der Waals surface area contributed by atoms with Gasteiger partial charge in [0.05, 0.1) is 5.25 Å².